The summed E-state index contributed by atoms with van der Waals surface area (Å²) < 4.78 is 0. The van der Waals surface area contributed by atoms with E-state index in [-0.39, 0.29) is 16.7 Å². The molecule has 30 heavy (non-hydrogen) atoms. The Balaban J connectivity index is 0.000000297. The molecule has 2 aromatic rings. The molecule has 1 fully saturated rings. The Bertz CT molecular complexity index is 921. The van der Waals surface area contributed by atoms with Gasteiger partial charge in [0, 0.05) is 31.9 Å². The average molecular weight is 415 g/mol. The maximum absolute atomic E-state index is 11.4. The average Bonchev–Trinajstić information content (AvgIpc) is 2.70. The summed E-state index contributed by atoms with van der Waals surface area (Å²) in [5.74, 6) is -2.25. The lowest BCUT2D eigenvalue weighted by molar-refractivity contribution is 0.0695. The maximum Gasteiger partial charge on any atom is 0.407 e. The first-order valence-corrected chi connectivity index (χ1v) is 9.32. The standard InChI is InChI=1S/C16H15NO4.C5H10N2O2/c1-9-13(15(18)19)7-4-11(14(9)16(20)21)8-10-2-5-12(17)6-3-10;8-5(9)7-3-1-6-2-4-7/h2-7H,8,17H2,1H3,(H,18,19)(H,20,21);6H,1-4H2,(H,8,9). The number of anilines is 1. The van der Waals surface area contributed by atoms with Crippen molar-refractivity contribution in [2.24, 2.45) is 0 Å². The number of piperazine rings is 1. The van der Waals surface area contributed by atoms with Crippen LogP contribution in [0.1, 0.15) is 37.4 Å². The molecule has 1 saturated heterocycles. The Hall–Kier alpha value is -3.59. The lowest BCUT2D eigenvalue weighted by Crippen LogP contribution is -2.45. The molecule has 0 spiro atoms. The van der Waals surface area contributed by atoms with E-state index in [1.54, 1.807) is 18.2 Å². The van der Waals surface area contributed by atoms with Crippen LogP contribution in [0.3, 0.4) is 0 Å². The van der Waals surface area contributed by atoms with Crippen LogP contribution < -0.4 is 11.1 Å². The van der Waals surface area contributed by atoms with Gasteiger partial charge in [0.05, 0.1) is 11.1 Å². The van der Waals surface area contributed by atoms with E-state index in [1.165, 1.54) is 17.9 Å². The predicted molar refractivity (Wildman–Crippen MR) is 111 cm³/mol. The fourth-order valence-corrected chi connectivity index (χ4v) is 3.16. The molecular weight excluding hydrogens is 390 g/mol. The highest BCUT2D eigenvalue weighted by atomic mass is 16.4. The van der Waals surface area contributed by atoms with E-state index in [2.05, 4.69) is 5.32 Å². The lowest BCUT2D eigenvalue weighted by atomic mass is 9.93. The van der Waals surface area contributed by atoms with Crippen LogP contribution >= 0.6 is 0 Å². The third-order valence-electron chi connectivity index (χ3n) is 4.76. The van der Waals surface area contributed by atoms with Gasteiger partial charge in [-0.05, 0) is 48.2 Å². The monoisotopic (exact) mass is 415 g/mol. The summed E-state index contributed by atoms with van der Waals surface area (Å²) in [5, 5.41) is 29.9. The van der Waals surface area contributed by atoms with Gasteiger partial charge >= 0.3 is 18.0 Å². The number of rotatable bonds is 4. The number of aromatic carboxylic acids is 2. The second kappa shape index (κ2) is 10.3. The van der Waals surface area contributed by atoms with Gasteiger partial charge in [-0.1, -0.05) is 18.2 Å². The molecule has 0 aliphatic carbocycles. The molecule has 0 saturated carbocycles. The summed E-state index contributed by atoms with van der Waals surface area (Å²) in [7, 11) is 0. The van der Waals surface area contributed by atoms with Crippen LogP contribution in [0.4, 0.5) is 10.5 Å². The lowest BCUT2D eigenvalue weighted by Gasteiger charge is -2.23. The Labute approximate surface area is 173 Å². The van der Waals surface area contributed by atoms with Crippen LogP contribution in [0.15, 0.2) is 36.4 Å². The summed E-state index contributed by atoms with van der Waals surface area (Å²) in [6.07, 6.45) is -0.403. The van der Waals surface area contributed by atoms with Gasteiger partial charge in [0.2, 0.25) is 0 Å². The van der Waals surface area contributed by atoms with Crippen molar-refractivity contribution in [3.05, 3.63) is 64.2 Å². The first kappa shape index (κ1) is 22.7. The quantitative estimate of drug-likeness (QED) is 0.476. The molecule has 1 aliphatic rings. The Morgan fingerprint density at radius 1 is 0.967 bits per heavy atom. The third-order valence-corrected chi connectivity index (χ3v) is 4.76. The highest BCUT2D eigenvalue weighted by molar-refractivity contribution is 5.97. The number of hydrogen-bond donors (Lipinski definition) is 5. The van der Waals surface area contributed by atoms with Crippen LogP contribution in [0, 0.1) is 6.92 Å². The predicted octanol–water partition coefficient (Wildman–Crippen LogP) is 2.13. The number of carbonyl (C=O) groups is 3. The minimum atomic E-state index is -1.13. The number of carboxylic acid groups (broad SMARTS) is 3. The van der Waals surface area contributed by atoms with Crippen molar-refractivity contribution in [2.75, 3.05) is 31.9 Å². The zero-order valence-corrected chi connectivity index (χ0v) is 16.6. The van der Waals surface area contributed by atoms with Crippen molar-refractivity contribution in [1.82, 2.24) is 10.2 Å². The molecule has 6 N–H and O–H groups in total. The highest BCUT2D eigenvalue weighted by Gasteiger charge is 2.19. The second-order valence-corrected chi connectivity index (χ2v) is 6.82. The van der Waals surface area contributed by atoms with Crippen molar-refractivity contribution < 1.29 is 29.7 Å². The van der Waals surface area contributed by atoms with Gasteiger partial charge in [-0.25, -0.2) is 14.4 Å². The molecule has 0 radical (unpaired) electrons. The van der Waals surface area contributed by atoms with Crippen molar-refractivity contribution >= 4 is 23.7 Å². The fourth-order valence-electron chi connectivity index (χ4n) is 3.16. The first-order valence-electron chi connectivity index (χ1n) is 9.32. The number of nitrogens with two attached hydrogens (primary N) is 1. The summed E-state index contributed by atoms with van der Waals surface area (Å²) in [6, 6.07) is 10.1. The van der Waals surface area contributed by atoms with Gasteiger partial charge in [0.25, 0.3) is 0 Å². The molecule has 1 amide bonds. The minimum absolute atomic E-state index is 0.00783. The van der Waals surface area contributed by atoms with Crippen LogP contribution in [0.2, 0.25) is 0 Å². The Kier molecular flexibility index (Phi) is 7.76. The zero-order chi connectivity index (χ0) is 22.3. The number of nitrogen functional groups attached to an aromatic ring is 1. The highest BCUT2D eigenvalue weighted by Crippen LogP contribution is 2.22. The molecule has 9 heteroatoms. The van der Waals surface area contributed by atoms with Gasteiger partial charge in [-0.3, -0.25) is 0 Å². The van der Waals surface area contributed by atoms with E-state index in [0.717, 1.165) is 18.7 Å². The fraction of sp³-hybridized carbons (Fsp3) is 0.286. The number of nitrogens with zero attached hydrogens (tertiary/aromatic N) is 1. The third kappa shape index (κ3) is 5.95. The summed E-state index contributed by atoms with van der Waals surface area (Å²) in [5.41, 5.74) is 8.06. The van der Waals surface area contributed by atoms with Gasteiger partial charge in [-0.2, -0.15) is 0 Å². The summed E-state index contributed by atoms with van der Waals surface area (Å²) in [4.78, 5) is 34.2. The van der Waals surface area contributed by atoms with Gasteiger partial charge in [0.1, 0.15) is 0 Å². The van der Waals surface area contributed by atoms with Crippen LogP contribution in [-0.4, -0.2) is 64.4 Å². The number of nitrogens with one attached hydrogen (secondary N) is 1. The van der Waals surface area contributed by atoms with Crippen molar-refractivity contribution in [2.45, 2.75) is 13.3 Å². The van der Waals surface area contributed by atoms with E-state index < -0.39 is 18.0 Å². The smallest absolute Gasteiger partial charge is 0.407 e. The van der Waals surface area contributed by atoms with E-state index >= 15 is 0 Å². The second-order valence-electron chi connectivity index (χ2n) is 6.82. The molecule has 160 valence electrons. The summed E-state index contributed by atoms with van der Waals surface area (Å²) >= 11 is 0. The molecule has 9 nitrogen and oxygen atoms in total. The normalized spacial score (nSPS) is 13.2. The Morgan fingerprint density at radius 2 is 1.57 bits per heavy atom. The number of benzene rings is 2. The van der Waals surface area contributed by atoms with E-state index in [1.807, 2.05) is 12.1 Å². The zero-order valence-electron chi connectivity index (χ0n) is 16.6. The van der Waals surface area contributed by atoms with Crippen LogP contribution in [0.5, 0.6) is 0 Å². The van der Waals surface area contributed by atoms with Crippen molar-refractivity contribution in [1.29, 1.82) is 0 Å². The molecule has 0 unspecified atom stereocenters. The molecule has 0 atom stereocenters. The molecule has 2 aromatic carbocycles. The van der Waals surface area contributed by atoms with E-state index in [4.69, 9.17) is 15.9 Å². The van der Waals surface area contributed by atoms with Crippen LogP contribution in [-0.2, 0) is 6.42 Å². The molecule has 0 aromatic heterocycles. The van der Waals surface area contributed by atoms with Gasteiger partial charge in [-0.15, -0.1) is 0 Å². The number of carboxylic acids is 2. The SMILES string of the molecule is Cc1c(C(=O)O)ccc(Cc2ccc(N)cc2)c1C(=O)O.O=C(O)N1CCNCC1. The maximum atomic E-state index is 11.4. The van der Waals surface area contributed by atoms with Gasteiger partial charge in [0.15, 0.2) is 0 Å². The molecule has 3 rings (SSSR count). The topological polar surface area (TPSA) is 153 Å². The molecule has 1 aliphatic heterocycles. The summed E-state index contributed by atoms with van der Waals surface area (Å²) in [6.45, 7) is 4.32. The Morgan fingerprint density at radius 3 is 2.03 bits per heavy atom. The minimum Gasteiger partial charge on any atom is -0.478 e. The van der Waals surface area contributed by atoms with Crippen LogP contribution in [0.25, 0.3) is 0 Å². The number of amides is 1. The largest absolute Gasteiger partial charge is 0.478 e. The van der Waals surface area contributed by atoms with Gasteiger partial charge < -0.3 is 31.3 Å². The van der Waals surface area contributed by atoms with E-state index in [9.17, 15) is 19.5 Å². The first-order chi connectivity index (χ1) is 14.2. The van der Waals surface area contributed by atoms with E-state index in [0.29, 0.717) is 30.8 Å². The number of hydrogen-bond acceptors (Lipinski definition) is 5. The van der Waals surface area contributed by atoms with Crippen molar-refractivity contribution in [3.8, 4) is 0 Å². The molecular formula is C21H25N3O6. The molecule has 1 heterocycles. The molecule has 0 bridgehead atoms. The van der Waals surface area contributed by atoms with Crippen molar-refractivity contribution in [3.63, 3.8) is 0 Å².